The Hall–Kier alpha value is -3.07. The zero-order valence-corrected chi connectivity index (χ0v) is 12.0. The summed E-state index contributed by atoms with van der Waals surface area (Å²) in [6.45, 7) is 0. The van der Waals surface area contributed by atoms with Crippen LogP contribution in [0.1, 0.15) is 0 Å². The Balaban J connectivity index is 1.85. The van der Waals surface area contributed by atoms with Gasteiger partial charge < -0.3 is 5.43 Å². The molecule has 0 amide bonds. The van der Waals surface area contributed by atoms with E-state index in [9.17, 15) is 0 Å². The number of rotatable bonds is 3. The van der Waals surface area contributed by atoms with Crippen LogP contribution in [0.3, 0.4) is 0 Å². The summed E-state index contributed by atoms with van der Waals surface area (Å²) in [7, 11) is 0. The number of benzene rings is 3. The molecule has 0 unspecified atom stereocenters. The lowest BCUT2D eigenvalue weighted by molar-refractivity contribution is 1.42. The van der Waals surface area contributed by atoms with Gasteiger partial charge in [-0.2, -0.15) is 0 Å². The second-order valence-electron chi connectivity index (χ2n) is 5.14. The first kappa shape index (κ1) is 12.7. The summed E-state index contributed by atoms with van der Waals surface area (Å²) in [6.07, 6.45) is 0. The van der Waals surface area contributed by atoms with Crippen molar-refractivity contribution in [2.45, 2.75) is 0 Å². The standard InChI is InChI=1S/C19H15N3/c1-2-8-14(9-3-1)21-22-19-15-10-4-6-12-17(15)20-18-13-7-5-11-16(18)19/h1-13,21H,(H,20,22). The summed E-state index contributed by atoms with van der Waals surface area (Å²) in [5, 5.41) is 2.20. The topological polar surface area (TPSA) is 37.0 Å². The predicted octanol–water partition coefficient (Wildman–Crippen LogP) is 4.83. The molecule has 3 nitrogen and oxygen atoms in total. The van der Waals surface area contributed by atoms with E-state index in [0.717, 1.165) is 33.2 Å². The van der Waals surface area contributed by atoms with E-state index in [2.05, 4.69) is 23.0 Å². The van der Waals surface area contributed by atoms with Crippen molar-refractivity contribution in [1.82, 2.24) is 4.98 Å². The molecule has 3 aromatic carbocycles. The van der Waals surface area contributed by atoms with Crippen LogP contribution >= 0.6 is 0 Å². The van der Waals surface area contributed by atoms with E-state index in [1.807, 2.05) is 66.7 Å². The Bertz CT molecular complexity index is 879. The highest BCUT2D eigenvalue weighted by Gasteiger charge is 2.07. The van der Waals surface area contributed by atoms with Gasteiger partial charge in [0, 0.05) is 10.8 Å². The van der Waals surface area contributed by atoms with Crippen LogP contribution in [0.4, 0.5) is 11.4 Å². The zero-order chi connectivity index (χ0) is 14.8. The van der Waals surface area contributed by atoms with E-state index in [-0.39, 0.29) is 0 Å². The number of nitrogens with zero attached hydrogens (tertiary/aromatic N) is 1. The molecule has 0 aliphatic rings. The number of hydrogen-bond acceptors (Lipinski definition) is 3. The van der Waals surface area contributed by atoms with Crippen molar-refractivity contribution in [3.63, 3.8) is 0 Å². The SMILES string of the molecule is c1ccc(NNc2c3ccccc3nc3ccccc23)cc1. The normalized spacial score (nSPS) is 10.7. The van der Waals surface area contributed by atoms with Crippen LogP contribution in [0.15, 0.2) is 78.9 Å². The average Bonchev–Trinajstić information content (AvgIpc) is 2.59. The maximum absolute atomic E-state index is 4.73. The fourth-order valence-corrected chi connectivity index (χ4v) is 2.63. The van der Waals surface area contributed by atoms with Gasteiger partial charge in [0.2, 0.25) is 0 Å². The van der Waals surface area contributed by atoms with Crippen LogP contribution in [0.25, 0.3) is 21.8 Å². The molecule has 4 aromatic rings. The molecule has 0 radical (unpaired) electrons. The van der Waals surface area contributed by atoms with E-state index >= 15 is 0 Å². The summed E-state index contributed by atoms with van der Waals surface area (Å²) in [4.78, 5) is 4.73. The minimum Gasteiger partial charge on any atom is -0.301 e. The molecule has 2 N–H and O–H groups in total. The quantitative estimate of drug-likeness (QED) is 0.418. The van der Waals surface area contributed by atoms with Gasteiger partial charge in [-0.1, -0.05) is 54.6 Å². The first-order valence-electron chi connectivity index (χ1n) is 7.26. The van der Waals surface area contributed by atoms with Gasteiger partial charge in [-0.25, -0.2) is 4.98 Å². The number of anilines is 2. The highest BCUT2D eigenvalue weighted by atomic mass is 15.4. The lowest BCUT2D eigenvalue weighted by Crippen LogP contribution is -2.09. The van der Waals surface area contributed by atoms with Crippen molar-refractivity contribution in [2.75, 3.05) is 10.9 Å². The van der Waals surface area contributed by atoms with E-state index in [0.29, 0.717) is 0 Å². The third kappa shape index (κ3) is 2.23. The second-order valence-corrected chi connectivity index (χ2v) is 5.14. The molecule has 22 heavy (non-hydrogen) atoms. The van der Waals surface area contributed by atoms with Crippen molar-refractivity contribution in [1.29, 1.82) is 0 Å². The molecule has 0 bridgehead atoms. The Morgan fingerprint density at radius 3 is 1.73 bits per heavy atom. The lowest BCUT2D eigenvalue weighted by Gasteiger charge is -2.14. The van der Waals surface area contributed by atoms with Gasteiger partial charge in [-0.15, -0.1) is 0 Å². The highest BCUT2D eigenvalue weighted by Crippen LogP contribution is 2.30. The van der Waals surface area contributed by atoms with E-state index in [1.165, 1.54) is 0 Å². The Morgan fingerprint density at radius 2 is 1.09 bits per heavy atom. The smallest absolute Gasteiger partial charge is 0.0731 e. The molecule has 1 aromatic heterocycles. The molecule has 0 saturated heterocycles. The molecule has 4 rings (SSSR count). The van der Waals surface area contributed by atoms with Gasteiger partial charge in [0.25, 0.3) is 0 Å². The first-order valence-corrected chi connectivity index (χ1v) is 7.26. The Kier molecular flexibility index (Phi) is 3.09. The number of para-hydroxylation sites is 3. The van der Waals surface area contributed by atoms with E-state index in [4.69, 9.17) is 4.98 Å². The number of hydrogen-bond donors (Lipinski definition) is 2. The number of aromatic nitrogens is 1. The number of pyridine rings is 1. The monoisotopic (exact) mass is 285 g/mol. The fraction of sp³-hybridized carbons (Fsp3) is 0. The van der Waals surface area contributed by atoms with Crippen molar-refractivity contribution in [3.05, 3.63) is 78.9 Å². The molecule has 0 aliphatic carbocycles. The van der Waals surface area contributed by atoms with Gasteiger partial charge in [0.1, 0.15) is 0 Å². The second kappa shape index (κ2) is 5.37. The van der Waals surface area contributed by atoms with Gasteiger partial charge in [0.15, 0.2) is 0 Å². The average molecular weight is 285 g/mol. The highest BCUT2D eigenvalue weighted by molar-refractivity contribution is 6.07. The fourth-order valence-electron chi connectivity index (χ4n) is 2.63. The summed E-state index contributed by atoms with van der Waals surface area (Å²) >= 11 is 0. The Morgan fingerprint density at radius 1 is 0.545 bits per heavy atom. The molecule has 106 valence electrons. The van der Waals surface area contributed by atoms with Crippen molar-refractivity contribution >= 4 is 33.2 Å². The van der Waals surface area contributed by atoms with Crippen molar-refractivity contribution < 1.29 is 0 Å². The minimum absolute atomic E-state index is 0.985. The molecular weight excluding hydrogens is 270 g/mol. The molecule has 1 heterocycles. The summed E-state index contributed by atoms with van der Waals surface area (Å²) in [5.74, 6) is 0. The van der Waals surface area contributed by atoms with Gasteiger partial charge in [-0.05, 0) is 24.3 Å². The van der Waals surface area contributed by atoms with Crippen LogP contribution in [0.5, 0.6) is 0 Å². The summed E-state index contributed by atoms with van der Waals surface area (Å²) < 4.78 is 0. The molecule has 3 heteroatoms. The van der Waals surface area contributed by atoms with Crippen LogP contribution < -0.4 is 10.9 Å². The van der Waals surface area contributed by atoms with Crippen LogP contribution in [-0.4, -0.2) is 4.98 Å². The van der Waals surface area contributed by atoms with Crippen LogP contribution in [-0.2, 0) is 0 Å². The number of fused-ring (bicyclic) bond motifs is 2. The summed E-state index contributed by atoms with van der Waals surface area (Å²) in [6, 6.07) is 26.4. The first-order chi connectivity index (χ1) is 10.9. The molecular formula is C19H15N3. The number of nitrogens with one attached hydrogen (secondary N) is 2. The van der Waals surface area contributed by atoms with Crippen molar-refractivity contribution in [2.24, 2.45) is 0 Å². The maximum atomic E-state index is 4.73. The molecule has 0 saturated carbocycles. The molecule has 0 aliphatic heterocycles. The van der Waals surface area contributed by atoms with Gasteiger partial charge in [0.05, 0.1) is 22.4 Å². The van der Waals surface area contributed by atoms with Crippen LogP contribution in [0.2, 0.25) is 0 Å². The zero-order valence-electron chi connectivity index (χ0n) is 12.0. The summed E-state index contributed by atoms with van der Waals surface area (Å²) in [5.41, 5.74) is 10.7. The molecule has 0 fully saturated rings. The largest absolute Gasteiger partial charge is 0.301 e. The van der Waals surface area contributed by atoms with Crippen molar-refractivity contribution in [3.8, 4) is 0 Å². The molecule has 0 atom stereocenters. The lowest BCUT2D eigenvalue weighted by atomic mass is 10.1. The predicted molar refractivity (Wildman–Crippen MR) is 92.9 cm³/mol. The number of hydrazine groups is 1. The third-order valence-electron chi connectivity index (χ3n) is 3.69. The van der Waals surface area contributed by atoms with Gasteiger partial charge >= 0.3 is 0 Å². The van der Waals surface area contributed by atoms with E-state index < -0.39 is 0 Å². The Labute approximate surface area is 128 Å². The molecule has 0 spiro atoms. The van der Waals surface area contributed by atoms with E-state index in [1.54, 1.807) is 0 Å². The van der Waals surface area contributed by atoms with Crippen LogP contribution in [0, 0.1) is 0 Å². The maximum Gasteiger partial charge on any atom is 0.0731 e. The minimum atomic E-state index is 0.985. The van der Waals surface area contributed by atoms with Gasteiger partial charge in [-0.3, -0.25) is 5.43 Å². The third-order valence-corrected chi connectivity index (χ3v) is 3.69.